The van der Waals surface area contributed by atoms with Crippen molar-refractivity contribution >= 4 is 22.6 Å². The molecule has 0 saturated heterocycles. The molecule has 2 rings (SSSR count). The number of carbonyl (C=O) groups is 1. The molecule has 0 aliphatic heterocycles. The fourth-order valence-corrected chi connectivity index (χ4v) is 1.97. The summed E-state index contributed by atoms with van der Waals surface area (Å²) in [5, 5.41) is 9.62. The minimum atomic E-state index is -0.959. The molecular weight excluding hydrogens is 218 g/mol. The van der Waals surface area contributed by atoms with Gasteiger partial charge in [-0.3, -0.25) is 0 Å². The molecule has 0 spiro atoms. The molecule has 0 bridgehead atoms. The smallest absolute Gasteiger partial charge is 0.339 e. The van der Waals surface area contributed by atoms with Crippen molar-refractivity contribution in [3.05, 3.63) is 30.0 Å². The van der Waals surface area contributed by atoms with Crippen LogP contribution >= 0.6 is 0 Å². The fourth-order valence-electron chi connectivity index (χ4n) is 1.97. The lowest BCUT2D eigenvalue weighted by Gasteiger charge is -2.20. The van der Waals surface area contributed by atoms with Crippen molar-refractivity contribution in [1.82, 2.24) is 0 Å². The zero-order valence-electron chi connectivity index (χ0n) is 9.93. The molecule has 0 fully saturated rings. The van der Waals surface area contributed by atoms with Gasteiger partial charge in [-0.1, -0.05) is 0 Å². The molecule has 0 saturated carbocycles. The third-order valence-electron chi connectivity index (χ3n) is 2.92. The van der Waals surface area contributed by atoms with Crippen LogP contribution < -0.4 is 4.90 Å². The van der Waals surface area contributed by atoms with E-state index >= 15 is 0 Å². The first-order valence-corrected chi connectivity index (χ1v) is 5.66. The number of rotatable bonds is 4. The molecule has 0 unspecified atom stereocenters. The molecule has 0 aliphatic rings. The quantitative estimate of drug-likeness (QED) is 0.882. The van der Waals surface area contributed by atoms with Gasteiger partial charge in [0.15, 0.2) is 0 Å². The van der Waals surface area contributed by atoms with E-state index in [1.165, 1.54) is 6.26 Å². The Morgan fingerprint density at radius 1 is 1.35 bits per heavy atom. The van der Waals surface area contributed by atoms with Crippen LogP contribution in [0.2, 0.25) is 0 Å². The third-order valence-corrected chi connectivity index (χ3v) is 2.92. The molecule has 90 valence electrons. The van der Waals surface area contributed by atoms with Crippen molar-refractivity contribution in [3.8, 4) is 0 Å². The van der Waals surface area contributed by atoms with Crippen LogP contribution in [-0.4, -0.2) is 24.2 Å². The number of hydrogen-bond acceptors (Lipinski definition) is 3. The second kappa shape index (κ2) is 4.49. The van der Waals surface area contributed by atoms with E-state index in [9.17, 15) is 4.79 Å². The van der Waals surface area contributed by atoms with Gasteiger partial charge in [0.1, 0.15) is 17.4 Å². The molecule has 0 radical (unpaired) electrons. The van der Waals surface area contributed by atoms with Crippen molar-refractivity contribution in [2.24, 2.45) is 0 Å². The normalized spacial score (nSPS) is 10.7. The van der Waals surface area contributed by atoms with Crippen LogP contribution in [0.5, 0.6) is 0 Å². The maximum absolute atomic E-state index is 10.9. The zero-order valence-corrected chi connectivity index (χ0v) is 9.93. The number of furan rings is 1. The topological polar surface area (TPSA) is 53.7 Å². The number of carboxylic acid groups (broad SMARTS) is 1. The monoisotopic (exact) mass is 233 g/mol. The summed E-state index contributed by atoms with van der Waals surface area (Å²) in [5.41, 5.74) is 1.88. The van der Waals surface area contributed by atoms with Crippen molar-refractivity contribution in [2.45, 2.75) is 13.8 Å². The summed E-state index contributed by atoms with van der Waals surface area (Å²) in [6.07, 6.45) is 1.29. The van der Waals surface area contributed by atoms with Gasteiger partial charge in [0.25, 0.3) is 0 Å². The first kappa shape index (κ1) is 11.5. The molecule has 1 N–H and O–H groups in total. The minimum Gasteiger partial charge on any atom is -0.478 e. The average Bonchev–Trinajstić information content (AvgIpc) is 2.73. The molecule has 4 heteroatoms. The van der Waals surface area contributed by atoms with Crippen LogP contribution in [0.25, 0.3) is 11.0 Å². The summed E-state index contributed by atoms with van der Waals surface area (Å²) in [4.78, 5) is 13.1. The Morgan fingerprint density at radius 3 is 2.65 bits per heavy atom. The van der Waals surface area contributed by atoms with E-state index in [1.54, 1.807) is 6.07 Å². The summed E-state index contributed by atoms with van der Waals surface area (Å²) in [5.74, 6) is -0.959. The van der Waals surface area contributed by atoms with E-state index < -0.39 is 5.97 Å². The van der Waals surface area contributed by atoms with Gasteiger partial charge in [-0.2, -0.15) is 0 Å². The van der Waals surface area contributed by atoms with E-state index in [0.29, 0.717) is 11.0 Å². The fraction of sp³-hybridized carbons (Fsp3) is 0.308. The highest BCUT2D eigenvalue weighted by Crippen LogP contribution is 2.26. The minimum absolute atomic E-state index is 0.214. The van der Waals surface area contributed by atoms with Crippen LogP contribution in [0, 0.1) is 0 Å². The second-order valence-corrected chi connectivity index (χ2v) is 3.81. The van der Waals surface area contributed by atoms with Gasteiger partial charge in [0.05, 0.1) is 0 Å². The highest BCUT2D eigenvalue weighted by atomic mass is 16.4. The number of benzene rings is 1. The summed E-state index contributed by atoms with van der Waals surface area (Å²) in [6.45, 7) is 5.99. The van der Waals surface area contributed by atoms with Gasteiger partial charge >= 0.3 is 5.97 Å². The van der Waals surface area contributed by atoms with Gasteiger partial charge in [0.2, 0.25) is 0 Å². The largest absolute Gasteiger partial charge is 0.478 e. The summed E-state index contributed by atoms with van der Waals surface area (Å²) in [7, 11) is 0. The number of anilines is 1. The maximum atomic E-state index is 10.9. The maximum Gasteiger partial charge on any atom is 0.339 e. The zero-order chi connectivity index (χ0) is 12.4. The van der Waals surface area contributed by atoms with Crippen molar-refractivity contribution < 1.29 is 14.3 Å². The number of aromatic carboxylic acids is 1. The first-order chi connectivity index (χ1) is 8.17. The van der Waals surface area contributed by atoms with E-state index in [0.717, 1.165) is 18.8 Å². The number of fused-ring (bicyclic) bond motifs is 1. The summed E-state index contributed by atoms with van der Waals surface area (Å²) in [6, 6.07) is 5.61. The van der Waals surface area contributed by atoms with E-state index in [1.807, 2.05) is 12.1 Å². The van der Waals surface area contributed by atoms with Gasteiger partial charge in [-0.05, 0) is 26.0 Å². The Labute approximate surface area is 99.4 Å². The summed E-state index contributed by atoms with van der Waals surface area (Å²) < 4.78 is 5.28. The molecule has 0 atom stereocenters. The Morgan fingerprint density at radius 2 is 2.06 bits per heavy atom. The number of hydrogen-bond donors (Lipinski definition) is 1. The molecule has 0 aliphatic carbocycles. The molecule has 17 heavy (non-hydrogen) atoms. The van der Waals surface area contributed by atoms with Crippen LogP contribution in [0.15, 0.2) is 28.9 Å². The van der Waals surface area contributed by atoms with Crippen LogP contribution in [0.3, 0.4) is 0 Å². The first-order valence-electron chi connectivity index (χ1n) is 5.66. The number of nitrogens with zero attached hydrogens (tertiary/aromatic N) is 1. The van der Waals surface area contributed by atoms with E-state index in [-0.39, 0.29) is 5.56 Å². The van der Waals surface area contributed by atoms with E-state index in [4.69, 9.17) is 9.52 Å². The molecule has 1 aromatic heterocycles. The van der Waals surface area contributed by atoms with Crippen molar-refractivity contribution in [1.29, 1.82) is 0 Å². The Balaban J connectivity index is 2.49. The van der Waals surface area contributed by atoms with Gasteiger partial charge < -0.3 is 14.4 Å². The molecule has 1 aromatic carbocycles. The van der Waals surface area contributed by atoms with Gasteiger partial charge in [-0.15, -0.1) is 0 Å². The molecule has 0 amide bonds. The average molecular weight is 233 g/mol. The lowest BCUT2D eigenvalue weighted by molar-refractivity contribution is 0.0698. The van der Waals surface area contributed by atoms with Crippen LogP contribution in [0.4, 0.5) is 5.69 Å². The Hall–Kier alpha value is -1.97. The predicted octanol–water partition coefficient (Wildman–Crippen LogP) is 2.98. The van der Waals surface area contributed by atoms with Gasteiger partial charge in [0, 0.05) is 30.2 Å². The lowest BCUT2D eigenvalue weighted by atomic mass is 10.1. The Kier molecular flexibility index (Phi) is 3.04. The SMILES string of the molecule is CCN(CC)c1ccc2c(C(=O)O)coc2c1. The van der Waals surface area contributed by atoms with Crippen LogP contribution in [-0.2, 0) is 0 Å². The highest BCUT2D eigenvalue weighted by Gasteiger charge is 2.13. The van der Waals surface area contributed by atoms with Crippen molar-refractivity contribution in [2.75, 3.05) is 18.0 Å². The highest BCUT2D eigenvalue weighted by molar-refractivity contribution is 6.02. The standard InChI is InChI=1S/C13H15NO3/c1-3-14(4-2)9-5-6-10-11(13(15)16)8-17-12(10)7-9/h5-8H,3-4H2,1-2H3,(H,15,16). The molecular formula is C13H15NO3. The lowest BCUT2D eigenvalue weighted by Crippen LogP contribution is -2.21. The predicted molar refractivity (Wildman–Crippen MR) is 66.7 cm³/mol. The molecule has 4 nitrogen and oxygen atoms in total. The third kappa shape index (κ3) is 1.98. The Bertz CT molecular complexity index is 541. The van der Waals surface area contributed by atoms with Crippen molar-refractivity contribution in [3.63, 3.8) is 0 Å². The second-order valence-electron chi connectivity index (χ2n) is 3.81. The van der Waals surface area contributed by atoms with Crippen LogP contribution in [0.1, 0.15) is 24.2 Å². The van der Waals surface area contributed by atoms with E-state index in [2.05, 4.69) is 18.7 Å². The number of carboxylic acids is 1. The summed E-state index contributed by atoms with van der Waals surface area (Å²) >= 11 is 0. The molecule has 1 heterocycles. The van der Waals surface area contributed by atoms with Gasteiger partial charge in [-0.25, -0.2) is 4.79 Å². The molecule has 2 aromatic rings.